The molecular weight excluding hydrogens is 188 g/mol. The lowest BCUT2D eigenvalue weighted by Crippen LogP contribution is -2.19. The first-order valence-corrected chi connectivity index (χ1v) is 4.28. The molecule has 2 N–H and O–H groups in total. The van der Waals surface area contributed by atoms with Crippen molar-refractivity contribution in [2.45, 2.75) is 19.9 Å². The summed E-state index contributed by atoms with van der Waals surface area (Å²) < 4.78 is 0. The van der Waals surface area contributed by atoms with Gasteiger partial charge < -0.3 is 5.73 Å². The SMILES string of the molecule is CC(=O)C(N)c1cc(C)cnc1Cl. The molecule has 13 heavy (non-hydrogen) atoms. The van der Waals surface area contributed by atoms with Crippen LogP contribution in [-0.4, -0.2) is 10.8 Å². The summed E-state index contributed by atoms with van der Waals surface area (Å²) in [6.07, 6.45) is 1.64. The van der Waals surface area contributed by atoms with Gasteiger partial charge in [0.25, 0.3) is 0 Å². The fourth-order valence-electron chi connectivity index (χ4n) is 1.01. The molecule has 0 bridgehead atoms. The van der Waals surface area contributed by atoms with Crippen LogP contribution in [0.2, 0.25) is 5.15 Å². The highest BCUT2D eigenvalue weighted by Gasteiger charge is 2.15. The van der Waals surface area contributed by atoms with Crippen molar-refractivity contribution < 1.29 is 4.79 Å². The topological polar surface area (TPSA) is 56.0 Å². The fraction of sp³-hybridized carbons (Fsp3) is 0.333. The van der Waals surface area contributed by atoms with Gasteiger partial charge in [-0.25, -0.2) is 4.98 Å². The summed E-state index contributed by atoms with van der Waals surface area (Å²) in [6, 6.07) is 1.11. The monoisotopic (exact) mass is 198 g/mol. The number of nitrogens with two attached hydrogens (primary N) is 1. The van der Waals surface area contributed by atoms with Gasteiger partial charge in [0.1, 0.15) is 5.15 Å². The number of halogens is 1. The van der Waals surface area contributed by atoms with Gasteiger partial charge in [0.15, 0.2) is 5.78 Å². The maximum absolute atomic E-state index is 11.0. The fourth-order valence-corrected chi connectivity index (χ4v) is 1.23. The van der Waals surface area contributed by atoms with Crippen LogP contribution in [0.4, 0.5) is 0 Å². The molecule has 0 saturated heterocycles. The van der Waals surface area contributed by atoms with Crippen molar-refractivity contribution in [2.75, 3.05) is 0 Å². The van der Waals surface area contributed by atoms with E-state index in [0.29, 0.717) is 10.7 Å². The van der Waals surface area contributed by atoms with Gasteiger partial charge in [-0.15, -0.1) is 0 Å². The van der Waals surface area contributed by atoms with Crippen molar-refractivity contribution in [1.82, 2.24) is 4.98 Å². The van der Waals surface area contributed by atoms with Crippen LogP contribution in [0.3, 0.4) is 0 Å². The Morgan fingerprint density at radius 3 is 2.85 bits per heavy atom. The van der Waals surface area contributed by atoms with Crippen LogP contribution < -0.4 is 5.73 Å². The Morgan fingerprint density at radius 1 is 1.69 bits per heavy atom. The van der Waals surface area contributed by atoms with Crippen molar-refractivity contribution >= 4 is 17.4 Å². The zero-order valence-electron chi connectivity index (χ0n) is 7.54. The van der Waals surface area contributed by atoms with E-state index < -0.39 is 6.04 Å². The number of hydrogen-bond donors (Lipinski definition) is 1. The lowest BCUT2D eigenvalue weighted by Gasteiger charge is -2.09. The van der Waals surface area contributed by atoms with Crippen LogP contribution in [0.15, 0.2) is 12.3 Å². The van der Waals surface area contributed by atoms with Crippen molar-refractivity contribution in [2.24, 2.45) is 5.73 Å². The van der Waals surface area contributed by atoms with Gasteiger partial charge in [0.2, 0.25) is 0 Å². The summed E-state index contributed by atoms with van der Waals surface area (Å²) in [5.41, 5.74) is 7.17. The number of pyridine rings is 1. The van der Waals surface area contributed by atoms with Crippen LogP contribution in [-0.2, 0) is 4.79 Å². The predicted octanol–water partition coefficient (Wildman–Crippen LogP) is 1.63. The van der Waals surface area contributed by atoms with Crippen molar-refractivity contribution in [3.05, 3.63) is 28.5 Å². The molecule has 0 aliphatic rings. The molecular formula is C9H11ClN2O. The third kappa shape index (κ3) is 2.26. The molecule has 0 aromatic carbocycles. The third-order valence-corrected chi connectivity index (χ3v) is 2.09. The number of hydrogen-bond acceptors (Lipinski definition) is 3. The molecule has 0 aliphatic carbocycles. The van der Waals surface area contributed by atoms with E-state index in [4.69, 9.17) is 17.3 Å². The van der Waals surface area contributed by atoms with E-state index in [9.17, 15) is 4.79 Å². The number of aryl methyl sites for hydroxylation is 1. The first-order chi connectivity index (χ1) is 6.02. The molecule has 0 amide bonds. The average Bonchev–Trinajstić information content (AvgIpc) is 2.08. The van der Waals surface area contributed by atoms with E-state index in [-0.39, 0.29) is 5.78 Å². The highest BCUT2D eigenvalue weighted by Crippen LogP contribution is 2.20. The Morgan fingerprint density at radius 2 is 2.31 bits per heavy atom. The zero-order valence-corrected chi connectivity index (χ0v) is 8.30. The molecule has 1 unspecified atom stereocenters. The molecule has 0 fully saturated rings. The van der Waals surface area contributed by atoms with E-state index in [1.165, 1.54) is 6.92 Å². The number of rotatable bonds is 2. The molecule has 1 heterocycles. The molecule has 0 aliphatic heterocycles. The number of Topliss-reactive ketones (excluding diaryl/α,β-unsaturated/α-hetero) is 1. The summed E-state index contributed by atoms with van der Waals surface area (Å²) in [5, 5.41) is 0.299. The van der Waals surface area contributed by atoms with Crippen LogP contribution in [0.5, 0.6) is 0 Å². The van der Waals surface area contributed by atoms with Gasteiger partial charge in [-0.2, -0.15) is 0 Å². The molecule has 0 saturated carbocycles. The highest BCUT2D eigenvalue weighted by molar-refractivity contribution is 6.30. The molecule has 1 aromatic heterocycles. The number of nitrogens with zero attached hydrogens (tertiary/aromatic N) is 1. The minimum atomic E-state index is -0.667. The summed E-state index contributed by atoms with van der Waals surface area (Å²) in [6.45, 7) is 3.31. The number of carbonyl (C=O) groups excluding carboxylic acids is 1. The average molecular weight is 199 g/mol. The quantitative estimate of drug-likeness (QED) is 0.735. The molecule has 3 nitrogen and oxygen atoms in total. The Hall–Kier alpha value is -0.930. The van der Waals surface area contributed by atoms with Crippen molar-refractivity contribution in [3.63, 3.8) is 0 Å². The summed E-state index contributed by atoms with van der Waals surface area (Å²) in [5.74, 6) is -0.116. The van der Waals surface area contributed by atoms with E-state index in [1.807, 2.05) is 6.92 Å². The van der Waals surface area contributed by atoms with Gasteiger partial charge in [0.05, 0.1) is 6.04 Å². The second kappa shape index (κ2) is 3.85. The van der Waals surface area contributed by atoms with Crippen LogP contribution in [0.25, 0.3) is 0 Å². The number of aromatic nitrogens is 1. The minimum Gasteiger partial charge on any atom is -0.318 e. The third-order valence-electron chi connectivity index (χ3n) is 1.78. The first kappa shape index (κ1) is 10.2. The summed E-state index contributed by atoms with van der Waals surface area (Å²) >= 11 is 5.79. The molecule has 0 spiro atoms. The largest absolute Gasteiger partial charge is 0.318 e. The van der Waals surface area contributed by atoms with Gasteiger partial charge in [-0.05, 0) is 25.5 Å². The smallest absolute Gasteiger partial charge is 0.151 e. The van der Waals surface area contributed by atoms with E-state index in [1.54, 1.807) is 12.3 Å². The zero-order chi connectivity index (χ0) is 10.0. The standard InChI is InChI=1S/C9H11ClN2O/c1-5-3-7(8(11)6(2)13)9(10)12-4-5/h3-4,8H,11H2,1-2H3. The van der Waals surface area contributed by atoms with Gasteiger partial charge in [-0.1, -0.05) is 11.6 Å². The minimum absolute atomic E-state index is 0.116. The van der Waals surface area contributed by atoms with Gasteiger partial charge >= 0.3 is 0 Å². The predicted molar refractivity (Wildman–Crippen MR) is 51.6 cm³/mol. The summed E-state index contributed by atoms with van der Waals surface area (Å²) in [7, 11) is 0. The van der Waals surface area contributed by atoms with Gasteiger partial charge in [0, 0.05) is 11.8 Å². The highest BCUT2D eigenvalue weighted by atomic mass is 35.5. The second-order valence-electron chi connectivity index (χ2n) is 2.98. The molecule has 0 radical (unpaired) electrons. The van der Waals surface area contributed by atoms with E-state index >= 15 is 0 Å². The van der Waals surface area contributed by atoms with Crippen molar-refractivity contribution in [1.29, 1.82) is 0 Å². The maximum atomic E-state index is 11.0. The van der Waals surface area contributed by atoms with Crippen LogP contribution in [0, 0.1) is 6.92 Å². The summed E-state index contributed by atoms with van der Waals surface area (Å²) in [4.78, 5) is 14.9. The molecule has 1 aromatic rings. The maximum Gasteiger partial charge on any atom is 0.151 e. The molecule has 4 heteroatoms. The Balaban J connectivity index is 3.12. The van der Waals surface area contributed by atoms with Crippen LogP contribution in [0.1, 0.15) is 24.1 Å². The van der Waals surface area contributed by atoms with Crippen molar-refractivity contribution in [3.8, 4) is 0 Å². The van der Waals surface area contributed by atoms with Gasteiger partial charge in [-0.3, -0.25) is 4.79 Å². The van der Waals surface area contributed by atoms with Crippen LogP contribution >= 0.6 is 11.6 Å². The Bertz CT molecular complexity index is 338. The normalized spacial score (nSPS) is 12.6. The first-order valence-electron chi connectivity index (χ1n) is 3.90. The lowest BCUT2D eigenvalue weighted by molar-refractivity contribution is -0.118. The molecule has 1 rings (SSSR count). The Kier molecular flexibility index (Phi) is 3.01. The number of carbonyl (C=O) groups is 1. The lowest BCUT2D eigenvalue weighted by atomic mass is 10.1. The number of ketones is 1. The molecule has 1 atom stereocenters. The molecule has 70 valence electrons. The van der Waals surface area contributed by atoms with E-state index in [2.05, 4.69) is 4.98 Å². The Labute approximate surface area is 81.9 Å². The second-order valence-corrected chi connectivity index (χ2v) is 3.34. The van der Waals surface area contributed by atoms with E-state index in [0.717, 1.165) is 5.56 Å².